The van der Waals surface area contributed by atoms with Gasteiger partial charge in [0.2, 0.25) is 0 Å². The minimum absolute atomic E-state index is 0.232. The van der Waals surface area contributed by atoms with E-state index in [1.54, 1.807) is 18.3 Å². The van der Waals surface area contributed by atoms with Gasteiger partial charge in [-0.05, 0) is 42.3 Å². The lowest BCUT2D eigenvalue weighted by Crippen LogP contribution is -2.36. The first-order valence-electron chi connectivity index (χ1n) is 7.48. The van der Waals surface area contributed by atoms with E-state index in [-0.39, 0.29) is 12.1 Å². The molecular weight excluding hydrogens is 347 g/mol. The minimum Gasteiger partial charge on any atom is -0.363 e. The molecule has 1 aromatic carbocycles. The van der Waals surface area contributed by atoms with Gasteiger partial charge in [-0.3, -0.25) is 0 Å². The molecule has 7 heteroatoms. The van der Waals surface area contributed by atoms with Gasteiger partial charge in [0.1, 0.15) is 5.82 Å². The summed E-state index contributed by atoms with van der Waals surface area (Å²) < 4.78 is 0. The molecule has 2 amide bonds. The Balaban J connectivity index is 1.92. The van der Waals surface area contributed by atoms with E-state index in [2.05, 4.69) is 15.6 Å². The SMILES string of the molecule is C[C@H](NC(=O)NCc1ccnc(N(C)C)c1)c1ccc(Cl)cc1Cl. The molecule has 1 aromatic heterocycles. The zero-order valence-electron chi connectivity index (χ0n) is 13.8. The zero-order valence-corrected chi connectivity index (χ0v) is 15.3. The number of pyridine rings is 1. The van der Waals surface area contributed by atoms with E-state index in [1.807, 2.05) is 44.1 Å². The molecular formula is C17H20Cl2N4O. The third kappa shape index (κ3) is 5.01. The second kappa shape index (κ2) is 8.22. The van der Waals surface area contributed by atoms with Crippen LogP contribution in [0.4, 0.5) is 10.6 Å². The standard InChI is InChI=1S/C17H20Cl2N4O/c1-11(14-5-4-13(18)9-15(14)19)22-17(24)21-10-12-6-7-20-16(8-12)23(2)3/h4-9,11H,10H2,1-3H3,(H2,21,22,24)/t11-/m0/s1. The first-order chi connectivity index (χ1) is 11.4. The quantitative estimate of drug-likeness (QED) is 0.840. The van der Waals surface area contributed by atoms with Crippen molar-refractivity contribution in [2.45, 2.75) is 19.5 Å². The van der Waals surface area contributed by atoms with Gasteiger partial charge in [0.15, 0.2) is 0 Å². The van der Waals surface area contributed by atoms with Crippen LogP contribution in [0.25, 0.3) is 0 Å². The van der Waals surface area contributed by atoms with Crippen molar-refractivity contribution >= 4 is 35.1 Å². The van der Waals surface area contributed by atoms with Gasteiger partial charge in [0.25, 0.3) is 0 Å². The maximum absolute atomic E-state index is 12.1. The Labute approximate surface area is 152 Å². The van der Waals surface area contributed by atoms with Crippen LogP contribution in [0.15, 0.2) is 36.5 Å². The van der Waals surface area contributed by atoms with Crippen LogP contribution >= 0.6 is 23.2 Å². The van der Waals surface area contributed by atoms with Crippen LogP contribution in [0.1, 0.15) is 24.1 Å². The summed E-state index contributed by atoms with van der Waals surface area (Å²) in [6.07, 6.45) is 1.72. The first kappa shape index (κ1) is 18.4. The second-order valence-electron chi connectivity index (χ2n) is 5.63. The molecule has 1 heterocycles. The van der Waals surface area contributed by atoms with Gasteiger partial charge in [-0.1, -0.05) is 29.3 Å². The molecule has 2 aromatic rings. The third-order valence-corrected chi connectivity index (χ3v) is 4.06. The molecule has 0 radical (unpaired) electrons. The van der Waals surface area contributed by atoms with Crippen molar-refractivity contribution in [2.75, 3.05) is 19.0 Å². The molecule has 0 saturated carbocycles. The average molecular weight is 367 g/mol. The van der Waals surface area contributed by atoms with Gasteiger partial charge in [0, 0.05) is 36.9 Å². The molecule has 0 unspecified atom stereocenters. The number of carbonyl (C=O) groups is 1. The molecule has 0 bridgehead atoms. The van der Waals surface area contributed by atoms with Crippen LogP contribution in [0.3, 0.4) is 0 Å². The molecule has 0 saturated heterocycles. The molecule has 0 aliphatic carbocycles. The molecule has 24 heavy (non-hydrogen) atoms. The Hall–Kier alpha value is -1.98. The Bertz CT molecular complexity index is 721. The van der Waals surface area contributed by atoms with Gasteiger partial charge < -0.3 is 15.5 Å². The lowest BCUT2D eigenvalue weighted by Gasteiger charge is -2.17. The van der Waals surface area contributed by atoms with Crippen LogP contribution in [0.2, 0.25) is 10.0 Å². The van der Waals surface area contributed by atoms with E-state index >= 15 is 0 Å². The van der Waals surface area contributed by atoms with Crippen LogP contribution in [-0.2, 0) is 6.54 Å². The van der Waals surface area contributed by atoms with Crippen molar-refractivity contribution in [3.63, 3.8) is 0 Å². The van der Waals surface area contributed by atoms with Gasteiger partial charge in [-0.15, -0.1) is 0 Å². The van der Waals surface area contributed by atoms with Crippen molar-refractivity contribution in [3.05, 3.63) is 57.7 Å². The zero-order chi connectivity index (χ0) is 17.7. The maximum atomic E-state index is 12.1. The number of nitrogens with one attached hydrogen (secondary N) is 2. The highest BCUT2D eigenvalue weighted by atomic mass is 35.5. The summed E-state index contributed by atoms with van der Waals surface area (Å²) in [7, 11) is 3.84. The highest BCUT2D eigenvalue weighted by Gasteiger charge is 2.13. The summed E-state index contributed by atoms with van der Waals surface area (Å²) in [5.41, 5.74) is 1.79. The van der Waals surface area contributed by atoms with E-state index in [4.69, 9.17) is 23.2 Å². The van der Waals surface area contributed by atoms with Gasteiger partial charge >= 0.3 is 6.03 Å². The fourth-order valence-corrected chi connectivity index (χ4v) is 2.75. The number of hydrogen-bond acceptors (Lipinski definition) is 3. The molecule has 0 aliphatic heterocycles. The Morgan fingerprint density at radius 3 is 2.67 bits per heavy atom. The summed E-state index contributed by atoms with van der Waals surface area (Å²) in [6, 6.07) is 8.52. The molecule has 2 N–H and O–H groups in total. The highest BCUT2D eigenvalue weighted by molar-refractivity contribution is 6.35. The molecule has 128 valence electrons. The number of anilines is 1. The molecule has 2 rings (SSSR count). The molecule has 5 nitrogen and oxygen atoms in total. The van der Waals surface area contributed by atoms with E-state index in [0.717, 1.165) is 16.9 Å². The Kier molecular flexibility index (Phi) is 6.29. The fourth-order valence-electron chi connectivity index (χ4n) is 2.18. The predicted molar refractivity (Wildman–Crippen MR) is 98.8 cm³/mol. The number of amides is 2. The number of aromatic nitrogens is 1. The van der Waals surface area contributed by atoms with Crippen LogP contribution in [0.5, 0.6) is 0 Å². The van der Waals surface area contributed by atoms with Crippen molar-refractivity contribution < 1.29 is 4.79 Å². The fraction of sp³-hybridized carbons (Fsp3) is 0.294. The summed E-state index contributed by atoms with van der Waals surface area (Å²) in [5.74, 6) is 0.844. The molecule has 1 atom stereocenters. The highest BCUT2D eigenvalue weighted by Crippen LogP contribution is 2.25. The number of urea groups is 1. The largest absolute Gasteiger partial charge is 0.363 e. The van der Waals surface area contributed by atoms with Crippen LogP contribution in [-0.4, -0.2) is 25.1 Å². The van der Waals surface area contributed by atoms with Crippen molar-refractivity contribution in [1.29, 1.82) is 0 Å². The lowest BCUT2D eigenvalue weighted by atomic mass is 10.1. The van der Waals surface area contributed by atoms with E-state index in [1.165, 1.54) is 0 Å². The van der Waals surface area contributed by atoms with E-state index in [0.29, 0.717) is 16.6 Å². The molecule has 0 aliphatic rings. The second-order valence-corrected chi connectivity index (χ2v) is 6.47. The normalized spacial score (nSPS) is 11.7. The summed E-state index contributed by atoms with van der Waals surface area (Å²) in [4.78, 5) is 18.2. The number of rotatable bonds is 5. The lowest BCUT2D eigenvalue weighted by molar-refractivity contribution is 0.237. The van der Waals surface area contributed by atoms with Crippen LogP contribution < -0.4 is 15.5 Å². The Morgan fingerprint density at radius 2 is 2.00 bits per heavy atom. The summed E-state index contributed by atoms with van der Waals surface area (Å²) in [6.45, 7) is 2.28. The van der Waals surface area contributed by atoms with Gasteiger partial charge in [0.05, 0.1) is 6.04 Å². The Morgan fingerprint density at radius 1 is 1.25 bits per heavy atom. The smallest absolute Gasteiger partial charge is 0.315 e. The van der Waals surface area contributed by atoms with Crippen molar-refractivity contribution in [2.24, 2.45) is 0 Å². The molecule has 0 fully saturated rings. The predicted octanol–water partition coefficient (Wildman–Crippen LogP) is 4.01. The number of benzene rings is 1. The number of carbonyl (C=O) groups excluding carboxylic acids is 1. The first-order valence-corrected chi connectivity index (χ1v) is 8.24. The van der Waals surface area contributed by atoms with Crippen molar-refractivity contribution in [1.82, 2.24) is 15.6 Å². The third-order valence-electron chi connectivity index (χ3n) is 3.50. The minimum atomic E-state index is -0.267. The number of nitrogens with zero attached hydrogens (tertiary/aromatic N) is 2. The van der Waals surface area contributed by atoms with Crippen molar-refractivity contribution in [3.8, 4) is 0 Å². The molecule has 0 spiro atoms. The topological polar surface area (TPSA) is 57.3 Å². The van der Waals surface area contributed by atoms with E-state index in [9.17, 15) is 4.79 Å². The number of hydrogen-bond donors (Lipinski definition) is 2. The van der Waals surface area contributed by atoms with Gasteiger partial charge in [-0.25, -0.2) is 9.78 Å². The summed E-state index contributed by atoms with van der Waals surface area (Å²) >= 11 is 12.0. The average Bonchev–Trinajstić information content (AvgIpc) is 2.53. The maximum Gasteiger partial charge on any atom is 0.315 e. The van der Waals surface area contributed by atoms with E-state index < -0.39 is 0 Å². The van der Waals surface area contributed by atoms with Gasteiger partial charge in [-0.2, -0.15) is 0 Å². The van der Waals surface area contributed by atoms with Crippen LogP contribution in [0, 0.1) is 0 Å². The number of halogens is 2. The monoisotopic (exact) mass is 366 g/mol. The summed E-state index contributed by atoms with van der Waals surface area (Å²) in [5, 5.41) is 6.78.